The molecule has 2 aromatic rings. The predicted molar refractivity (Wildman–Crippen MR) is 108 cm³/mol. The van der Waals surface area contributed by atoms with Crippen molar-refractivity contribution in [3.63, 3.8) is 0 Å². The molecule has 150 valence electrons. The van der Waals surface area contributed by atoms with E-state index < -0.39 is 10.0 Å². The smallest absolute Gasteiger partial charge is 0.250 e. The molecule has 0 N–H and O–H groups in total. The van der Waals surface area contributed by atoms with Gasteiger partial charge >= 0.3 is 0 Å². The van der Waals surface area contributed by atoms with E-state index in [2.05, 4.69) is 18.8 Å². The van der Waals surface area contributed by atoms with Crippen LogP contribution in [0.3, 0.4) is 0 Å². The summed E-state index contributed by atoms with van der Waals surface area (Å²) >= 11 is 0. The van der Waals surface area contributed by atoms with E-state index in [-0.39, 0.29) is 28.3 Å². The lowest BCUT2D eigenvalue weighted by Crippen LogP contribution is -2.51. The number of fused-ring (bicyclic) bond motifs is 4. The zero-order valence-corrected chi connectivity index (χ0v) is 17.2. The SMILES string of the molecule is CC(C)CC[C@H]1[C@H]2C[C@H](CN(S(=O)(=O)c3cccnc3)C2)c2cccc(=O)n21. The maximum Gasteiger partial charge on any atom is 0.250 e. The molecule has 0 aromatic carbocycles. The van der Waals surface area contributed by atoms with Crippen molar-refractivity contribution in [3.8, 4) is 0 Å². The van der Waals surface area contributed by atoms with Crippen molar-refractivity contribution in [1.82, 2.24) is 13.9 Å². The first-order valence-electron chi connectivity index (χ1n) is 9.99. The molecule has 0 amide bonds. The van der Waals surface area contributed by atoms with E-state index in [0.29, 0.717) is 19.0 Å². The second-order valence-corrected chi connectivity index (χ2v) is 10.3. The third-order valence-electron chi connectivity index (χ3n) is 6.08. The monoisotopic (exact) mass is 401 g/mol. The fraction of sp³-hybridized carbons (Fsp3) is 0.524. The average molecular weight is 402 g/mol. The quantitative estimate of drug-likeness (QED) is 0.772. The molecule has 28 heavy (non-hydrogen) atoms. The van der Waals surface area contributed by atoms with Crippen LogP contribution in [0.25, 0.3) is 0 Å². The lowest BCUT2D eigenvalue weighted by molar-refractivity contribution is 0.133. The zero-order valence-electron chi connectivity index (χ0n) is 16.4. The molecular weight excluding hydrogens is 374 g/mol. The van der Waals surface area contributed by atoms with E-state index in [1.807, 2.05) is 10.6 Å². The molecule has 2 aliphatic heterocycles. The number of pyridine rings is 2. The molecule has 4 rings (SSSR count). The van der Waals surface area contributed by atoms with Crippen molar-refractivity contribution in [2.24, 2.45) is 11.8 Å². The molecule has 7 heteroatoms. The van der Waals surface area contributed by atoms with Crippen molar-refractivity contribution < 1.29 is 8.42 Å². The van der Waals surface area contributed by atoms with Gasteiger partial charge in [-0.1, -0.05) is 19.9 Å². The number of aromatic nitrogens is 2. The van der Waals surface area contributed by atoms with Crippen LogP contribution in [-0.4, -0.2) is 35.4 Å². The fourth-order valence-corrected chi connectivity index (χ4v) is 6.23. The molecule has 6 nitrogen and oxygen atoms in total. The average Bonchev–Trinajstić information content (AvgIpc) is 2.68. The number of hydrogen-bond acceptors (Lipinski definition) is 4. The number of piperidine rings is 1. The molecular formula is C21H27N3O3S. The summed E-state index contributed by atoms with van der Waals surface area (Å²) in [7, 11) is -3.59. The van der Waals surface area contributed by atoms with E-state index >= 15 is 0 Å². The van der Waals surface area contributed by atoms with Gasteiger partial charge in [0, 0.05) is 49.2 Å². The third-order valence-corrected chi connectivity index (χ3v) is 7.89. The standard InChI is InChI=1S/C21H27N3O3S/c1-15(2)8-9-20-17-11-16(19-6-3-7-21(25)24(19)20)13-23(14-17)28(26,27)18-5-4-10-22-12-18/h3-7,10,12,15-17,20H,8-9,11,13-14H2,1-2H3/t16-,17+,20+/m1/s1. The lowest BCUT2D eigenvalue weighted by Gasteiger charge is -2.46. The summed E-state index contributed by atoms with van der Waals surface area (Å²) in [4.78, 5) is 16.9. The normalized spacial score (nSPS) is 24.9. The molecule has 2 bridgehead atoms. The summed E-state index contributed by atoms with van der Waals surface area (Å²) in [6.07, 6.45) is 5.84. The second-order valence-electron chi connectivity index (χ2n) is 8.40. The van der Waals surface area contributed by atoms with Crippen LogP contribution in [0.2, 0.25) is 0 Å². The van der Waals surface area contributed by atoms with Crippen molar-refractivity contribution >= 4 is 10.0 Å². The van der Waals surface area contributed by atoms with Gasteiger partial charge in [-0.3, -0.25) is 9.78 Å². The first-order chi connectivity index (χ1) is 13.4. The highest BCUT2D eigenvalue weighted by Gasteiger charge is 2.43. The van der Waals surface area contributed by atoms with Gasteiger partial charge in [-0.2, -0.15) is 4.31 Å². The Kier molecular flexibility index (Phi) is 5.14. The van der Waals surface area contributed by atoms with E-state index in [4.69, 9.17) is 0 Å². The number of sulfonamides is 1. The minimum Gasteiger partial charge on any atom is -0.309 e. The van der Waals surface area contributed by atoms with Crippen LogP contribution < -0.4 is 5.56 Å². The Morgan fingerprint density at radius 2 is 2.00 bits per heavy atom. The van der Waals surface area contributed by atoms with Crippen LogP contribution >= 0.6 is 0 Å². The first kappa shape index (κ1) is 19.3. The predicted octanol–water partition coefficient (Wildman–Crippen LogP) is 3.03. The molecule has 0 saturated carbocycles. The molecule has 1 saturated heterocycles. The summed E-state index contributed by atoms with van der Waals surface area (Å²) in [5, 5.41) is 0. The van der Waals surface area contributed by atoms with Crippen molar-refractivity contribution in [1.29, 1.82) is 0 Å². The van der Waals surface area contributed by atoms with Gasteiger partial charge in [-0.25, -0.2) is 8.42 Å². The zero-order chi connectivity index (χ0) is 19.9. The maximum absolute atomic E-state index is 13.2. The summed E-state index contributed by atoms with van der Waals surface area (Å²) in [6.45, 7) is 5.23. The van der Waals surface area contributed by atoms with Gasteiger partial charge in [-0.15, -0.1) is 0 Å². The molecule has 0 spiro atoms. The minimum absolute atomic E-state index is 0.0320. The van der Waals surface area contributed by atoms with Crippen LogP contribution in [0.15, 0.2) is 52.4 Å². The summed E-state index contributed by atoms with van der Waals surface area (Å²) in [6, 6.07) is 8.71. The second kappa shape index (κ2) is 7.44. The Morgan fingerprint density at radius 3 is 2.71 bits per heavy atom. The molecule has 0 aliphatic carbocycles. The van der Waals surface area contributed by atoms with Crippen molar-refractivity contribution in [2.45, 2.75) is 50.0 Å². The van der Waals surface area contributed by atoms with Crippen LogP contribution in [0, 0.1) is 11.8 Å². The number of nitrogens with zero attached hydrogens (tertiary/aromatic N) is 3. The van der Waals surface area contributed by atoms with Crippen LogP contribution in [0.5, 0.6) is 0 Å². The molecule has 4 heterocycles. The Bertz CT molecular complexity index is 1000. The highest BCUT2D eigenvalue weighted by Crippen LogP contribution is 2.44. The number of rotatable bonds is 5. The molecule has 0 unspecified atom stereocenters. The van der Waals surface area contributed by atoms with Gasteiger partial charge < -0.3 is 4.57 Å². The molecule has 2 aromatic heterocycles. The van der Waals surface area contributed by atoms with Gasteiger partial charge in [0.15, 0.2) is 0 Å². The van der Waals surface area contributed by atoms with Gasteiger partial charge in [0.1, 0.15) is 4.90 Å². The molecule has 0 radical (unpaired) electrons. The molecule has 2 aliphatic rings. The maximum atomic E-state index is 13.2. The van der Waals surface area contributed by atoms with Crippen LogP contribution in [0.4, 0.5) is 0 Å². The summed E-state index contributed by atoms with van der Waals surface area (Å²) in [5.41, 5.74) is 1.01. The molecule has 3 atom stereocenters. The highest BCUT2D eigenvalue weighted by molar-refractivity contribution is 7.89. The molecule has 1 fully saturated rings. The summed E-state index contributed by atoms with van der Waals surface area (Å²) < 4.78 is 29.9. The Labute approximate surface area is 166 Å². The lowest BCUT2D eigenvalue weighted by atomic mass is 9.77. The van der Waals surface area contributed by atoms with Gasteiger partial charge in [-0.05, 0) is 49.3 Å². The van der Waals surface area contributed by atoms with E-state index in [0.717, 1.165) is 25.0 Å². The highest BCUT2D eigenvalue weighted by atomic mass is 32.2. The Hall–Kier alpha value is -1.99. The largest absolute Gasteiger partial charge is 0.309 e. The first-order valence-corrected chi connectivity index (χ1v) is 11.4. The van der Waals surface area contributed by atoms with E-state index in [1.54, 1.807) is 34.8 Å². The fourth-order valence-electron chi connectivity index (χ4n) is 4.72. The van der Waals surface area contributed by atoms with E-state index in [1.165, 1.54) is 6.20 Å². The third kappa shape index (κ3) is 3.42. The van der Waals surface area contributed by atoms with Gasteiger partial charge in [0.25, 0.3) is 5.56 Å². The van der Waals surface area contributed by atoms with Crippen molar-refractivity contribution in [3.05, 3.63) is 58.8 Å². The Balaban J connectivity index is 1.72. The van der Waals surface area contributed by atoms with E-state index in [9.17, 15) is 13.2 Å². The topological polar surface area (TPSA) is 72.3 Å². The Morgan fingerprint density at radius 1 is 1.18 bits per heavy atom. The van der Waals surface area contributed by atoms with Crippen LogP contribution in [0.1, 0.15) is 50.8 Å². The van der Waals surface area contributed by atoms with Crippen LogP contribution in [-0.2, 0) is 10.0 Å². The number of hydrogen-bond donors (Lipinski definition) is 0. The van der Waals surface area contributed by atoms with Crippen molar-refractivity contribution in [2.75, 3.05) is 13.1 Å². The minimum atomic E-state index is -3.59. The van der Waals surface area contributed by atoms with Gasteiger partial charge in [0.2, 0.25) is 10.0 Å². The van der Waals surface area contributed by atoms with Gasteiger partial charge in [0.05, 0.1) is 0 Å². The summed E-state index contributed by atoms with van der Waals surface area (Å²) in [5.74, 6) is 0.741.